The van der Waals surface area contributed by atoms with Crippen LogP contribution in [0.3, 0.4) is 0 Å². The molecule has 18 heteroatoms. The van der Waals surface area contributed by atoms with Crippen LogP contribution in [0.15, 0.2) is 0 Å². The van der Waals surface area contributed by atoms with Crippen molar-refractivity contribution in [2.45, 2.75) is 50.8 Å². The third-order valence-corrected chi connectivity index (χ3v) is 2.90. The highest BCUT2D eigenvalue weighted by atomic mass is 19.4. The van der Waals surface area contributed by atoms with E-state index in [-0.39, 0.29) is 12.5 Å². The number of nitrogens with zero attached hydrogens (tertiary/aromatic N) is 3. The highest BCUT2D eigenvalue weighted by molar-refractivity contribution is 5.27. The first-order valence-electron chi connectivity index (χ1n) is 7.81. The molecule has 0 saturated carbocycles. The maximum atomic E-state index is 12.6. The van der Waals surface area contributed by atoms with Gasteiger partial charge in [0, 0.05) is 6.54 Å². The van der Waals surface area contributed by atoms with Gasteiger partial charge in [0.25, 0.3) is 12.2 Å². The molecular weight excluding hydrogens is 472 g/mol. The molecule has 6 nitrogen and oxygen atoms in total. The standard InChI is InChI=1S/C13H12F12N4O2/c1-4(2)3-26-7-27-8(30-5(10(14,15)16)11(17,18)19)29-9(28-7)31-6(12(20,21)22)13(23,24)25/h4-6H,3H2,1-2H3,(H,26,27,28,29). The van der Waals surface area contributed by atoms with Crippen molar-refractivity contribution in [2.75, 3.05) is 11.9 Å². The Morgan fingerprint density at radius 3 is 1.23 bits per heavy atom. The number of hydrogen-bond donors (Lipinski definition) is 1. The van der Waals surface area contributed by atoms with E-state index in [9.17, 15) is 52.7 Å². The SMILES string of the molecule is CC(C)CNc1nc(OC(C(F)(F)F)C(F)(F)F)nc(OC(C(F)(F)F)C(F)(F)F)n1. The van der Waals surface area contributed by atoms with Crippen molar-refractivity contribution in [3.05, 3.63) is 0 Å². The summed E-state index contributed by atoms with van der Waals surface area (Å²) in [6.45, 7) is 2.97. The Kier molecular flexibility index (Phi) is 7.70. The van der Waals surface area contributed by atoms with E-state index in [0.29, 0.717) is 0 Å². The first kappa shape index (κ1) is 26.6. The van der Waals surface area contributed by atoms with Gasteiger partial charge in [0.05, 0.1) is 0 Å². The van der Waals surface area contributed by atoms with E-state index in [1.54, 1.807) is 13.8 Å². The van der Waals surface area contributed by atoms with E-state index < -0.39 is 54.9 Å². The normalized spacial score (nSPS) is 13.8. The molecule has 0 atom stereocenters. The lowest BCUT2D eigenvalue weighted by Gasteiger charge is -2.24. The van der Waals surface area contributed by atoms with Crippen LogP contribution in [0.25, 0.3) is 0 Å². The zero-order valence-corrected chi connectivity index (χ0v) is 15.1. The van der Waals surface area contributed by atoms with Gasteiger partial charge >= 0.3 is 36.7 Å². The van der Waals surface area contributed by atoms with Crippen molar-refractivity contribution >= 4 is 5.95 Å². The van der Waals surface area contributed by atoms with Crippen LogP contribution in [0.4, 0.5) is 58.6 Å². The van der Waals surface area contributed by atoms with Crippen LogP contribution < -0.4 is 14.8 Å². The number of ether oxygens (including phenoxy) is 2. The van der Waals surface area contributed by atoms with E-state index in [1.165, 1.54) is 0 Å². The van der Waals surface area contributed by atoms with Crippen molar-refractivity contribution in [2.24, 2.45) is 5.92 Å². The van der Waals surface area contributed by atoms with E-state index in [2.05, 4.69) is 29.7 Å². The van der Waals surface area contributed by atoms with Gasteiger partial charge < -0.3 is 14.8 Å². The number of aromatic nitrogens is 3. The number of hydrogen-bond acceptors (Lipinski definition) is 6. The van der Waals surface area contributed by atoms with Gasteiger partial charge in [0.1, 0.15) is 0 Å². The molecule has 0 aliphatic heterocycles. The van der Waals surface area contributed by atoms with Gasteiger partial charge in [-0.3, -0.25) is 0 Å². The summed E-state index contributed by atoms with van der Waals surface area (Å²) in [5, 5.41) is 2.18. The quantitative estimate of drug-likeness (QED) is 0.567. The average molecular weight is 484 g/mol. The molecule has 0 aliphatic rings. The van der Waals surface area contributed by atoms with Crippen molar-refractivity contribution < 1.29 is 62.2 Å². The van der Waals surface area contributed by atoms with Crippen molar-refractivity contribution in [3.63, 3.8) is 0 Å². The predicted molar refractivity (Wildman–Crippen MR) is 76.2 cm³/mol. The Balaban J connectivity index is 3.41. The van der Waals surface area contributed by atoms with Gasteiger partial charge in [0.15, 0.2) is 0 Å². The second kappa shape index (κ2) is 8.97. The molecule has 0 aliphatic carbocycles. The van der Waals surface area contributed by atoms with Crippen LogP contribution in [0.2, 0.25) is 0 Å². The minimum absolute atomic E-state index is 0.132. The molecule has 0 amide bonds. The van der Waals surface area contributed by atoms with Crippen LogP contribution in [0.5, 0.6) is 12.0 Å². The molecule has 0 aromatic carbocycles. The van der Waals surface area contributed by atoms with Gasteiger partial charge in [-0.1, -0.05) is 13.8 Å². The second-order valence-corrected chi connectivity index (χ2v) is 6.16. The molecule has 31 heavy (non-hydrogen) atoms. The van der Waals surface area contributed by atoms with Crippen molar-refractivity contribution in [3.8, 4) is 12.0 Å². The first-order chi connectivity index (χ1) is 13.7. The summed E-state index contributed by atoms with van der Waals surface area (Å²) in [6.07, 6.45) is -33.4. The molecular formula is C13H12F12N4O2. The lowest BCUT2D eigenvalue weighted by atomic mass is 10.2. The maximum absolute atomic E-state index is 12.6. The Bertz CT molecular complexity index is 649. The van der Waals surface area contributed by atoms with Gasteiger partial charge in [-0.05, 0) is 5.92 Å². The van der Waals surface area contributed by atoms with Crippen LogP contribution in [0.1, 0.15) is 13.8 Å². The van der Waals surface area contributed by atoms with Crippen LogP contribution >= 0.6 is 0 Å². The summed E-state index contributed by atoms with van der Waals surface area (Å²) < 4.78 is 159. The topological polar surface area (TPSA) is 69.2 Å². The Morgan fingerprint density at radius 2 is 0.968 bits per heavy atom. The van der Waals surface area contributed by atoms with Crippen molar-refractivity contribution in [1.82, 2.24) is 15.0 Å². The monoisotopic (exact) mass is 484 g/mol. The number of nitrogens with one attached hydrogen (secondary N) is 1. The highest BCUT2D eigenvalue weighted by Gasteiger charge is 2.61. The summed E-state index contributed by atoms with van der Waals surface area (Å²) in [5.74, 6) is -1.25. The molecule has 0 spiro atoms. The largest absolute Gasteiger partial charge is 0.440 e. The zero-order chi connectivity index (χ0) is 24.4. The summed E-state index contributed by atoms with van der Waals surface area (Å²) in [5.41, 5.74) is 0. The van der Waals surface area contributed by atoms with Crippen LogP contribution in [-0.2, 0) is 0 Å². The lowest BCUT2D eigenvalue weighted by molar-refractivity contribution is -0.302. The van der Waals surface area contributed by atoms with Gasteiger partial charge in [-0.2, -0.15) is 62.7 Å². The number of anilines is 1. The number of rotatable bonds is 7. The molecule has 0 fully saturated rings. The third-order valence-electron chi connectivity index (χ3n) is 2.90. The fourth-order valence-electron chi connectivity index (χ4n) is 1.67. The van der Waals surface area contributed by atoms with E-state index in [4.69, 9.17) is 0 Å². The summed E-state index contributed by atoms with van der Waals surface area (Å²) in [7, 11) is 0. The van der Waals surface area contributed by atoms with E-state index >= 15 is 0 Å². The fraction of sp³-hybridized carbons (Fsp3) is 0.769. The average Bonchev–Trinajstić information content (AvgIpc) is 2.51. The first-order valence-corrected chi connectivity index (χ1v) is 7.81. The smallest absolute Gasteiger partial charge is 0.434 e. The van der Waals surface area contributed by atoms with Crippen LogP contribution in [0, 0.1) is 5.92 Å². The molecule has 0 bridgehead atoms. The predicted octanol–water partition coefficient (Wildman–Crippen LogP) is 4.68. The lowest BCUT2D eigenvalue weighted by Crippen LogP contribution is -2.47. The summed E-state index contributed by atoms with van der Waals surface area (Å²) in [4.78, 5) is 8.60. The third kappa shape index (κ3) is 8.31. The molecule has 180 valence electrons. The van der Waals surface area contributed by atoms with E-state index in [1.807, 2.05) is 0 Å². The van der Waals surface area contributed by atoms with Crippen molar-refractivity contribution in [1.29, 1.82) is 0 Å². The zero-order valence-electron chi connectivity index (χ0n) is 15.1. The highest BCUT2D eigenvalue weighted by Crippen LogP contribution is 2.38. The number of halogens is 12. The van der Waals surface area contributed by atoms with Gasteiger partial charge in [-0.25, -0.2) is 0 Å². The molecule has 1 aromatic heterocycles. The molecule has 1 rings (SSSR count). The molecule has 0 radical (unpaired) electrons. The second-order valence-electron chi connectivity index (χ2n) is 6.16. The van der Waals surface area contributed by atoms with Gasteiger partial charge in [-0.15, -0.1) is 4.98 Å². The molecule has 0 unspecified atom stereocenters. The maximum Gasteiger partial charge on any atom is 0.434 e. The molecule has 1 heterocycles. The molecule has 1 N–H and O–H groups in total. The summed E-state index contributed by atoms with van der Waals surface area (Å²) >= 11 is 0. The Labute approximate surface area is 165 Å². The van der Waals surface area contributed by atoms with Crippen LogP contribution in [-0.4, -0.2) is 58.4 Å². The van der Waals surface area contributed by atoms with E-state index in [0.717, 1.165) is 0 Å². The molecule has 0 saturated heterocycles. The Hall–Kier alpha value is -2.43. The minimum atomic E-state index is -6.07. The minimum Gasteiger partial charge on any atom is -0.440 e. The summed E-state index contributed by atoms with van der Waals surface area (Å²) in [6, 6.07) is -3.75. The fourth-order valence-corrected chi connectivity index (χ4v) is 1.67. The Morgan fingerprint density at radius 1 is 0.645 bits per heavy atom. The number of alkyl halides is 12. The van der Waals surface area contributed by atoms with Gasteiger partial charge in [0.2, 0.25) is 5.95 Å². The molecule has 1 aromatic rings.